The fourth-order valence-electron chi connectivity index (χ4n) is 2.48. The third kappa shape index (κ3) is 7.56. The van der Waals surface area contributed by atoms with E-state index in [2.05, 4.69) is 16.0 Å². The second-order valence-electron chi connectivity index (χ2n) is 7.97. The predicted octanol–water partition coefficient (Wildman–Crippen LogP) is 3.82. The largest absolute Gasteiger partial charge is 0.444 e. The zero-order valence-electron chi connectivity index (χ0n) is 17.9. The van der Waals surface area contributed by atoms with E-state index >= 15 is 0 Å². The van der Waals surface area contributed by atoms with Crippen molar-refractivity contribution in [2.75, 3.05) is 16.9 Å². The van der Waals surface area contributed by atoms with Gasteiger partial charge in [0.1, 0.15) is 17.5 Å². The highest BCUT2D eigenvalue weighted by Crippen LogP contribution is 2.28. The van der Waals surface area contributed by atoms with Crippen molar-refractivity contribution in [3.05, 3.63) is 48.3 Å². The number of nitrogens with one attached hydrogen (secondary N) is 3. The third-order valence-electron chi connectivity index (χ3n) is 3.91. The lowest BCUT2D eigenvalue weighted by Gasteiger charge is -2.22. The maximum atomic E-state index is 13.8. The van der Waals surface area contributed by atoms with Crippen LogP contribution in [0.4, 0.5) is 26.2 Å². The first-order chi connectivity index (χ1) is 14.2. The van der Waals surface area contributed by atoms with E-state index in [9.17, 15) is 22.4 Å². The number of benzene rings is 2. The Bertz CT molecular complexity index is 1080. The highest BCUT2D eigenvalue weighted by Gasteiger charge is 2.22. The summed E-state index contributed by atoms with van der Waals surface area (Å²) in [6, 6.07) is 8.75. The number of carbonyl (C=O) groups excluding carboxylic acids is 2. The quantitative estimate of drug-likeness (QED) is 0.615. The minimum atomic E-state index is -3.43. The van der Waals surface area contributed by atoms with E-state index in [0.29, 0.717) is 5.69 Å². The molecule has 0 radical (unpaired) electrons. The van der Waals surface area contributed by atoms with Crippen molar-refractivity contribution in [2.45, 2.75) is 44.2 Å². The van der Waals surface area contributed by atoms with Crippen LogP contribution < -0.4 is 16.0 Å². The Balaban J connectivity index is 2.18. The van der Waals surface area contributed by atoms with Gasteiger partial charge in [-0.25, -0.2) is 17.6 Å². The van der Waals surface area contributed by atoms with Gasteiger partial charge in [-0.15, -0.1) is 0 Å². The number of anilines is 3. The Morgan fingerprint density at radius 1 is 1.06 bits per heavy atom. The van der Waals surface area contributed by atoms with Gasteiger partial charge in [0, 0.05) is 11.9 Å². The fraction of sp³-hybridized carbons (Fsp3) is 0.333. The van der Waals surface area contributed by atoms with Gasteiger partial charge in [-0.2, -0.15) is 0 Å². The molecule has 0 spiro atoms. The smallest absolute Gasteiger partial charge is 0.408 e. The summed E-state index contributed by atoms with van der Waals surface area (Å²) >= 11 is 0. The fourth-order valence-corrected chi connectivity index (χ4v) is 3.15. The zero-order chi connectivity index (χ0) is 23.4. The number of amides is 2. The lowest BCUT2D eigenvalue weighted by Crippen LogP contribution is -2.44. The van der Waals surface area contributed by atoms with E-state index in [1.165, 1.54) is 31.2 Å². The maximum Gasteiger partial charge on any atom is 0.408 e. The van der Waals surface area contributed by atoms with Crippen LogP contribution in [0.3, 0.4) is 0 Å². The predicted molar refractivity (Wildman–Crippen MR) is 117 cm³/mol. The summed E-state index contributed by atoms with van der Waals surface area (Å²) in [6.07, 6.45) is 0.337. The normalized spacial score (nSPS) is 12.6. The Labute approximate surface area is 181 Å². The summed E-state index contributed by atoms with van der Waals surface area (Å²) in [5.74, 6) is -1.11. The molecular formula is C21H26FN3O5S. The summed E-state index contributed by atoms with van der Waals surface area (Å²) in [7, 11) is -3.43. The number of halogens is 1. The summed E-state index contributed by atoms with van der Waals surface area (Å²) in [5, 5.41) is 7.95. The Morgan fingerprint density at radius 2 is 1.74 bits per heavy atom. The Hall–Kier alpha value is -3.14. The van der Waals surface area contributed by atoms with E-state index in [4.69, 9.17) is 4.74 Å². The molecule has 2 aromatic rings. The van der Waals surface area contributed by atoms with Gasteiger partial charge in [-0.05, 0) is 64.1 Å². The lowest BCUT2D eigenvalue weighted by molar-refractivity contribution is -0.117. The highest BCUT2D eigenvalue weighted by molar-refractivity contribution is 7.90. The molecule has 2 aromatic carbocycles. The lowest BCUT2D eigenvalue weighted by atomic mass is 10.2. The summed E-state index contributed by atoms with van der Waals surface area (Å²) in [5.41, 5.74) is 0.135. The maximum absolute atomic E-state index is 13.8. The molecular weight excluding hydrogens is 425 g/mol. The molecule has 0 saturated carbocycles. The van der Waals surface area contributed by atoms with Crippen LogP contribution in [0.15, 0.2) is 47.4 Å². The van der Waals surface area contributed by atoms with Gasteiger partial charge in [0.15, 0.2) is 9.84 Å². The summed E-state index contributed by atoms with van der Waals surface area (Å²) < 4.78 is 42.5. The molecule has 2 amide bonds. The van der Waals surface area contributed by atoms with Crippen molar-refractivity contribution in [2.24, 2.45) is 0 Å². The average Bonchev–Trinajstić information content (AvgIpc) is 2.61. The van der Waals surface area contributed by atoms with Gasteiger partial charge < -0.3 is 20.7 Å². The van der Waals surface area contributed by atoms with Crippen molar-refractivity contribution >= 4 is 38.9 Å². The third-order valence-corrected chi connectivity index (χ3v) is 5.02. The average molecular weight is 452 g/mol. The molecule has 1 atom stereocenters. The van der Waals surface area contributed by atoms with Crippen LogP contribution >= 0.6 is 0 Å². The molecule has 0 aliphatic rings. The molecule has 0 bridgehead atoms. The van der Waals surface area contributed by atoms with Crippen molar-refractivity contribution in [3.8, 4) is 0 Å². The molecule has 0 aromatic heterocycles. The molecule has 10 heteroatoms. The van der Waals surface area contributed by atoms with Crippen LogP contribution in [0.25, 0.3) is 0 Å². The van der Waals surface area contributed by atoms with Crippen LogP contribution in [0.5, 0.6) is 0 Å². The summed E-state index contributed by atoms with van der Waals surface area (Å²) in [6.45, 7) is 6.58. The van der Waals surface area contributed by atoms with Crippen LogP contribution in [0.1, 0.15) is 27.7 Å². The zero-order valence-corrected chi connectivity index (χ0v) is 18.8. The van der Waals surface area contributed by atoms with Crippen LogP contribution in [0.2, 0.25) is 0 Å². The van der Waals surface area contributed by atoms with Crippen molar-refractivity contribution in [3.63, 3.8) is 0 Å². The molecule has 168 valence electrons. The van der Waals surface area contributed by atoms with Crippen LogP contribution in [-0.2, 0) is 19.4 Å². The number of rotatable bonds is 6. The first-order valence-electron chi connectivity index (χ1n) is 9.42. The number of carbonyl (C=O) groups is 2. The standard InChI is InChI=1S/C21H26FN3O5S/c1-13(23-20(27)30-21(2,3)4)19(26)25-17-10-9-14(22)11-18(17)24-15-7-6-8-16(12-15)31(5,28)29/h6-13,24H,1-5H3,(H,23,27)(H,25,26). The molecule has 0 aliphatic carbocycles. The topological polar surface area (TPSA) is 114 Å². The van der Waals surface area contributed by atoms with E-state index in [-0.39, 0.29) is 16.3 Å². The van der Waals surface area contributed by atoms with Gasteiger partial charge in [0.2, 0.25) is 5.91 Å². The Kier molecular flexibility index (Phi) is 7.27. The van der Waals surface area contributed by atoms with E-state index in [1.54, 1.807) is 32.9 Å². The summed E-state index contributed by atoms with van der Waals surface area (Å²) in [4.78, 5) is 24.5. The van der Waals surface area contributed by atoms with Gasteiger partial charge in [0.05, 0.1) is 16.3 Å². The molecule has 8 nitrogen and oxygen atoms in total. The number of hydrogen-bond donors (Lipinski definition) is 3. The van der Waals surface area contributed by atoms with Crippen molar-refractivity contribution < 1.29 is 27.1 Å². The SMILES string of the molecule is CC(NC(=O)OC(C)(C)C)C(=O)Nc1ccc(F)cc1Nc1cccc(S(C)(=O)=O)c1. The molecule has 0 fully saturated rings. The van der Waals surface area contributed by atoms with Crippen molar-refractivity contribution in [1.29, 1.82) is 0 Å². The van der Waals surface area contributed by atoms with Gasteiger partial charge in [-0.3, -0.25) is 4.79 Å². The minimum absolute atomic E-state index is 0.0923. The number of ether oxygens (including phenoxy) is 1. The monoisotopic (exact) mass is 451 g/mol. The van der Waals surface area contributed by atoms with Gasteiger partial charge >= 0.3 is 6.09 Å². The van der Waals surface area contributed by atoms with E-state index in [0.717, 1.165) is 12.3 Å². The minimum Gasteiger partial charge on any atom is -0.444 e. The molecule has 0 heterocycles. The first-order valence-corrected chi connectivity index (χ1v) is 11.3. The van der Waals surface area contributed by atoms with Gasteiger partial charge in [-0.1, -0.05) is 6.07 Å². The molecule has 3 N–H and O–H groups in total. The molecule has 2 rings (SSSR count). The van der Waals surface area contributed by atoms with E-state index < -0.39 is 39.3 Å². The molecule has 0 aliphatic heterocycles. The second kappa shape index (κ2) is 9.34. The van der Waals surface area contributed by atoms with Crippen molar-refractivity contribution in [1.82, 2.24) is 5.32 Å². The second-order valence-corrected chi connectivity index (χ2v) is 9.99. The van der Waals surface area contributed by atoms with Crippen LogP contribution in [-0.4, -0.2) is 38.3 Å². The highest BCUT2D eigenvalue weighted by atomic mass is 32.2. The number of hydrogen-bond acceptors (Lipinski definition) is 6. The van der Waals surface area contributed by atoms with E-state index in [1.807, 2.05) is 0 Å². The van der Waals surface area contributed by atoms with Crippen LogP contribution in [0, 0.1) is 5.82 Å². The number of alkyl carbamates (subject to hydrolysis) is 1. The van der Waals surface area contributed by atoms with Gasteiger partial charge in [0.25, 0.3) is 0 Å². The molecule has 1 unspecified atom stereocenters. The first kappa shape index (κ1) is 24.1. The number of sulfone groups is 1. The molecule has 0 saturated heterocycles. The molecule has 31 heavy (non-hydrogen) atoms. The Morgan fingerprint density at radius 3 is 2.35 bits per heavy atom.